The zero-order chi connectivity index (χ0) is 13.2. The van der Waals surface area contributed by atoms with Gasteiger partial charge in [-0.1, -0.05) is 31.2 Å². The highest BCUT2D eigenvalue weighted by atomic mass is 35.5. The number of amides is 1. The highest BCUT2D eigenvalue weighted by molar-refractivity contribution is 5.95. The van der Waals surface area contributed by atoms with Crippen molar-refractivity contribution in [3.8, 4) is 0 Å². The first-order chi connectivity index (χ1) is 8.58. The number of halogens is 1. The van der Waals surface area contributed by atoms with Gasteiger partial charge in [-0.05, 0) is 25.3 Å². The number of carbonyl (C=O) groups is 1. The molecule has 1 heterocycles. The number of carbonyl (C=O) groups excluding carboxylic acids is 1. The third-order valence-corrected chi connectivity index (χ3v) is 3.63. The van der Waals surface area contributed by atoms with Crippen LogP contribution in [0.1, 0.15) is 31.4 Å². The lowest BCUT2D eigenvalue weighted by atomic mass is 9.83. The quantitative estimate of drug-likeness (QED) is 0.818. The molecule has 19 heavy (non-hydrogen) atoms. The minimum absolute atomic E-state index is 0. The molecule has 1 aromatic rings. The summed E-state index contributed by atoms with van der Waals surface area (Å²) in [7, 11) is 1.65. The molecule has 0 fully saturated rings. The van der Waals surface area contributed by atoms with Crippen LogP contribution >= 0.6 is 12.4 Å². The maximum absolute atomic E-state index is 11.6. The molecule has 0 aliphatic carbocycles. The van der Waals surface area contributed by atoms with E-state index in [2.05, 4.69) is 42.7 Å². The van der Waals surface area contributed by atoms with Gasteiger partial charge in [0.25, 0.3) is 0 Å². The number of rotatable bonds is 2. The second-order valence-electron chi connectivity index (χ2n) is 5.05. The fraction of sp³-hybridized carbons (Fsp3) is 0.400. The van der Waals surface area contributed by atoms with Crippen LogP contribution in [0.25, 0.3) is 5.70 Å². The predicted octanol–water partition coefficient (Wildman–Crippen LogP) is 2.51. The van der Waals surface area contributed by atoms with Crippen molar-refractivity contribution in [3.63, 3.8) is 0 Å². The molecule has 1 aliphatic rings. The van der Waals surface area contributed by atoms with Gasteiger partial charge in [0.05, 0.1) is 0 Å². The van der Waals surface area contributed by atoms with Crippen LogP contribution in [0.15, 0.2) is 30.3 Å². The number of benzene rings is 1. The molecule has 1 amide bonds. The van der Waals surface area contributed by atoms with E-state index in [0.717, 1.165) is 24.1 Å². The number of hydrogen-bond acceptors (Lipinski definition) is 2. The molecule has 1 aliphatic heterocycles. The van der Waals surface area contributed by atoms with E-state index in [9.17, 15) is 4.79 Å². The zero-order valence-corrected chi connectivity index (χ0v) is 12.4. The minimum atomic E-state index is -0.0762. The first kappa shape index (κ1) is 15.6. The van der Waals surface area contributed by atoms with Crippen molar-refractivity contribution in [2.24, 2.45) is 0 Å². The Morgan fingerprint density at radius 2 is 2.16 bits per heavy atom. The first-order valence-electron chi connectivity index (χ1n) is 6.38. The van der Waals surface area contributed by atoms with E-state index in [1.165, 1.54) is 5.56 Å². The second kappa shape index (κ2) is 6.11. The third-order valence-electron chi connectivity index (χ3n) is 3.63. The topological polar surface area (TPSA) is 41.1 Å². The first-order valence-corrected chi connectivity index (χ1v) is 6.38. The van der Waals surface area contributed by atoms with Crippen LogP contribution in [0.5, 0.6) is 0 Å². The summed E-state index contributed by atoms with van der Waals surface area (Å²) in [6.07, 6.45) is 3.66. The summed E-state index contributed by atoms with van der Waals surface area (Å²) in [6.45, 7) is 4.36. The van der Waals surface area contributed by atoms with Crippen molar-refractivity contribution in [2.75, 3.05) is 7.05 Å². The van der Waals surface area contributed by atoms with Gasteiger partial charge < -0.3 is 10.6 Å². The molecule has 0 aromatic heterocycles. The van der Waals surface area contributed by atoms with Crippen LogP contribution in [0.4, 0.5) is 0 Å². The maximum atomic E-state index is 11.6. The summed E-state index contributed by atoms with van der Waals surface area (Å²) >= 11 is 0. The average molecular weight is 281 g/mol. The fourth-order valence-electron chi connectivity index (χ4n) is 2.32. The van der Waals surface area contributed by atoms with Gasteiger partial charge in [0, 0.05) is 29.9 Å². The van der Waals surface area contributed by atoms with Gasteiger partial charge in [0.15, 0.2) is 0 Å². The van der Waals surface area contributed by atoms with Gasteiger partial charge in [-0.15, -0.1) is 12.4 Å². The molecule has 0 saturated heterocycles. The second-order valence-corrected chi connectivity index (χ2v) is 5.05. The number of hydrogen-bond donors (Lipinski definition) is 2. The highest BCUT2D eigenvalue weighted by Gasteiger charge is 2.30. The molecule has 2 N–H and O–H groups in total. The smallest absolute Gasteiger partial charge is 0.245 e. The van der Waals surface area contributed by atoms with Crippen LogP contribution < -0.4 is 10.6 Å². The maximum Gasteiger partial charge on any atom is 0.245 e. The summed E-state index contributed by atoms with van der Waals surface area (Å²) in [5, 5.41) is 6.13. The lowest BCUT2D eigenvalue weighted by Gasteiger charge is -2.38. The van der Waals surface area contributed by atoms with Gasteiger partial charge in [0.1, 0.15) is 0 Å². The molecular weight excluding hydrogens is 260 g/mol. The van der Waals surface area contributed by atoms with E-state index >= 15 is 0 Å². The van der Waals surface area contributed by atoms with E-state index in [-0.39, 0.29) is 23.9 Å². The molecule has 4 heteroatoms. The van der Waals surface area contributed by atoms with E-state index in [4.69, 9.17) is 0 Å². The molecule has 1 aromatic carbocycles. The Hall–Kier alpha value is -1.48. The normalized spacial score (nSPS) is 23.0. The Bertz CT molecular complexity index is 499. The zero-order valence-electron chi connectivity index (χ0n) is 11.6. The summed E-state index contributed by atoms with van der Waals surface area (Å²) in [4.78, 5) is 11.6. The molecule has 0 radical (unpaired) electrons. The average Bonchev–Trinajstić information content (AvgIpc) is 2.38. The van der Waals surface area contributed by atoms with E-state index in [1.54, 1.807) is 13.1 Å². The Balaban J connectivity index is 0.00000180. The van der Waals surface area contributed by atoms with E-state index in [0.29, 0.717) is 0 Å². The molecule has 0 bridgehead atoms. The largest absolute Gasteiger partial charge is 0.379 e. The van der Waals surface area contributed by atoms with Gasteiger partial charge in [-0.3, -0.25) is 4.79 Å². The molecule has 0 saturated carbocycles. The molecule has 3 nitrogen and oxygen atoms in total. The summed E-state index contributed by atoms with van der Waals surface area (Å²) in [6, 6.07) is 8.26. The Kier molecular flexibility index (Phi) is 5.01. The SMILES string of the molecule is CCC1(C)Cc2ccccc2/C(=C/C(=O)NC)N1.Cl. The van der Waals surface area contributed by atoms with Crippen LogP contribution in [-0.4, -0.2) is 18.5 Å². The van der Waals surface area contributed by atoms with Crippen molar-refractivity contribution in [3.05, 3.63) is 41.5 Å². The summed E-state index contributed by atoms with van der Waals surface area (Å²) in [5.41, 5.74) is 3.37. The lowest BCUT2D eigenvalue weighted by Crippen LogP contribution is -2.46. The minimum Gasteiger partial charge on any atom is -0.379 e. The van der Waals surface area contributed by atoms with Crippen molar-refractivity contribution in [2.45, 2.75) is 32.2 Å². The van der Waals surface area contributed by atoms with Crippen molar-refractivity contribution in [1.82, 2.24) is 10.6 Å². The third kappa shape index (κ3) is 3.29. The Labute approximate surface area is 120 Å². The number of likely N-dealkylation sites (N-methyl/N-ethyl adjacent to an activating group) is 1. The standard InChI is InChI=1S/C15H20N2O.ClH/c1-4-15(2)10-11-7-5-6-8-12(11)13(17-15)9-14(18)16-3;/h5-9,17H,4,10H2,1-3H3,(H,16,18);1H/b13-9-;. The summed E-state index contributed by atoms with van der Waals surface area (Å²) in [5.74, 6) is -0.0762. The Morgan fingerprint density at radius 3 is 2.79 bits per heavy atom. The lowest BCUT2D eigenvalue weighted by molar-refractivity contribution is -0.116. The van der Waals surface area contributed by atoms with Gasteiger partial charge >= 0.3 is 0 Å². The van der Waals surface area contributed by atoms with Crippen LogP contribution in [0, 0.1) is 0 Å². The molecule has 1 unspecified atom stereocenters. The highest BCUT2D eigenvalue weighted by Crippen LogP contribution is 2.31. The van der Waals surface area contributed by atoms with Gasteiger partial charge in [-0.2, -0.15) is 0 Å². The predicted molar refractivity (Wildman–Crippen MR) is 81.3 cm³/mol. The van der Waals surface area contributed by atoms with Gasteiger partial charge in [0.2, 0.25) is 5.91 Å². The van der Waals surface area contributed by atoms with Crippen molar-refractivity contribution < 1.29 is 4.79 Å². The molecule has 1 atom stereocenters. The molecule has 104 valence electrons. The van der Waals surface area contributed by atoms with Gasteiger partial charge in [-0.25, -0.2) is 0 Å². The Morgan fingerprint density at radius 1 is 1.47 bits per heavy atom. The fourth-order valence-corrected chi connectivity index (χ4v) is 2.32. The number of fused-ring (bicyclic) bond motifs is 1. The van der Waals surface area contributed by atoms with E-state index < -0.39 is 0 Å². The van der Waals surface area contributed by atoms with E-state index in [1.807, 2.05) is 6.07 Å². The van der Waals surface area contributed by atoms with Crippen molar-refractivity contribution >= 4 is 24.0 Å². The summed E-state index contributed by atoms with van der Waals surface area (Å²) < 4.78 is 0. The number of nitrogens with one attached hydrogen (secondary N) is 2. The van der Waals surface area contributed by atoms with Crippen molar-refractivity contribution in [1.29, 1.82) is 0 Å². The van der Waals surface area contributed by atoms with Crippen LogP contribution in [0.2, 0.25) is 0 Å². The molecule has 2 rings (SSSR count). The molecular formula is C15H21ClN2O. The monoisotopic (exact) mass is 280 g/mol. The van der Waals surface area contributed by atoms with Crippen LogP contribution in [-0.2, 0) is 11.2 Å². The van der Waals surface area contributed by atoms with Crippen LogP contribution in [0.3, 0.4) is 0 Å². The molecule has 0 spiro atoms.